The molecule has 0 atom stereocenters. The van der Waals surface area contributed by atoms with Gasteiger partial charge in [-0.05, 0) is 59.7 Å². The zero-order chi connectivity index (χ0) is 18.1. The lowest BCUT2D eigenvalue weighted by Gasteiger charge is -2.35. The van der Waals surface area contributed by atoms with Gasteiger partial charge in [0.25, 0.3) is 0 Å². The maximum Gasteiger partial charge on any atom is 0.338 e. The third-order valence-electron chi connectivity index (χ3n) is 5.72. The molecule has 3 aromatic rings. The maximum atomic E-state index is 12.8. The minimum absolute atomic E-state index is 0.223. The van der Waals surface area contributed by atoms with Crippen molar-refractivity contribution in [3.63, 3.8) is 0 Å². The Morgan fingerprint density at radius 3 is 2.23 bits per heavy atom. The molecule has 1 fully saturated rings. The predicted octanol–water partition coefficient (Wildman–Crippen LogP) is 3.90. The number of esters is 1. The fourth-order valence-corrected chi connectivity index (χ4v) is 4.07. The highest BCUT2D eigenvalue weighted by Crippen LogP contribution is 2.30. The molecule has 26 heavy (non-hydrogen) atoms. The Balaban J connectivity index is 1.61. The summed E-state index contributed by atoms with van der Waals surface area (Å²) in [5, 5.41) is 6.95. The van der Waals surface area contributed by atoms with E-state index >= 15 is 0 Å². The monoisotopic (exact) mass is 348 g/mol. The summed E-state index contributed by atoms with van der Waals surface area (Å²) < 4.78 is 5.95. The van der Waals surface area contributed by atoms with E-state index in [2.05, 4.69) is 43.4 Å². The Morgan fingerprint density at radius 2 is 1.54 bits per heavy atom. The summed E-state index contributed by atoms with van der Waals surface area (Å²) in [6.45, 7) is 6.34. The van der Waals surface area contributed by atoms with Gasteiger partial charge in [-0.25, -0.2) is 4.79 Å². The van der Waals surface area contributed by atoms with E-state index in [1.807, 2.05) is 30.3 Å². The number of carbonyl (C=O) groups excluding carboxylic acids is 1. The lowest BCUT2D eigenvalue weighted by Crippen LogP contribution is -2.86. The first-order valence-electron chi connectivity index (χ1n) is 9.50. The van der Waals surface area contributed by atoms with Crippen molar-refractivity contribution in [1.29, 1.82) is 0 Å². The van der Waals surface area contributed by atoms with Gasteiger partial charge in [-0.3, -0.25) is 0 Å². The van der Waals surface area contributed by atoms with E-state index in [9.17, 15) is 4.79 Å². The van der Waals surface area contributed by atoms with Crippen molar-refractivity contribution in [2.24, 2.45) is 5.92 Å². The Morgan fingerprint density at radius 1 is 0.923 bits per heavy atom. The second-order valence-corrected chi connectivity index (χ2v) is 7.89. The van der Waals surface area contributed by atoms with Crippen LogP contribution in [0.25, 0.3) is 21.5 Å². The Bertz CT molecular complexity index is 955. The molecular formula is C23H26NO2+. The molecule has 134 valence electrons. The molecule has 0 amide bonds. The first kappa shape index (κ1) is 17.0. The summed E-state index contributed by atoms with van der Waals surface area (Å²) in [6.07, 6.45) is 2.20. The van der Waals surface area contributed by atoms with Crippen LogP contribution in [0.15, 0.2) is 54.6 Å². The van der Waals surface area contributed by atoms with Gasteiger partial charge in [-0.15, -0.1) is 0 Å². The predicted molar refractivity (Wildman–Crippen MR) is 105 cm³/mol. The minimum Gasteiger partial charge on any atom is -0.456 e. The van der Waals surface area contributed by atoms with Gasteiger partial charge >= 0.3 is 5.97 Å². The molecule has 1 aliphatic heterocycles. The van der Waals surface area contributed by atoms with Gasteiger partial charge < -0.3 is 10.1 Å². The molecule has 3 nitrogen and oxygen atoms in total. The average Bonchev–Trinajstić information content (AvgIpc) is 2.66. The molecule has 0 radical (unpaired) electrons. The van der Waals surface area contributed by atoms with Crippen LogP contribution >= 0.6 is 0 Å². The van der Waals surface area contributed by atoms with Crippen LogP contribution in [0, 0.1) is 5.92 Å². The van der Waals surface area contributed by atoms with Crippen molar-refractivity contribution < 1.29 is 14.8 Å². The van der Waals surface area contributed by atoms with E-state index in [-0.39, 0.29) is 5.97 Å². The summed E-state index contributed by atoms with van der Waals surface area (Å²) in [5.41, 5.74) is 0.201. The van der Waals surface area contributed by atoms with E-state index in [4.69, 9.17) is 4.74 Å². The van der Waals surface area contributed by atoms with Crippen molar-refractivity contribution in [2.75, 3.05) is 13.1 Å². The molecule has 1 saturated heterocycles. The van der Waals surface area contributed by atoms with E-state index in [0.29, 0.717) is 11.5 Å². The highest BCUT2D eigenvalue weighted by Gasteiger charge is 2.35. The number of piperidine rings is 1. The Hall–Kier alpha value is -2.39. The largest absolute Gasteiger partial charge is 0.456 e. The number of hydrogen-bond acceptors (Lipinski definition) is 2. The van der Waals surface area contributed by atoms with E-state index in [1.165, 1.54) is 10.8 Å². The number of ether oxygens (including phenoxy) is 1. The standard InChI is InChI=1S/C23H25NO2/c1-23(2,21-9-11-24-12-10-21)26-22(25)19-8-7-18-13-16-5-3-4-6-17(16)14-20(18)15-19/h3-8,13-15,21,24H,9-12H2,1-2H3/p+1. The molecule has 0 spiro atoms. The average molecular weight is 348 g/mol. The van der Waals surface area contributed by atoms with Crippen molar-refractivity contribution in [3.8, 4) is 0 Å². The zero-order valence-electron chi connectivity index (χ0n) is 15.5. The number of hydrogen-bond donors (Lipinski definition) is 1. The Kier molecular flexibility index (Phi) is 4.41. The van der Waals surface area contributed by atoms with Crippen molar-refractivity contribution in [1.82, 2.24) is 0 Å². The van der Waals surface area contributed by atoms with Gasteiger partial charge in [0.15, 0.2) is 0 Å². The van der Waals surface area contributed by atoms with E-state index in [1.54, 1.807) is 0 Å². The van der Waals surface area contributed by atoms with Gasteiger partial charge in [-0.1, -0.05) is 30.3 Å². The van der Waals surface area contributed by atoms with Crippen LogP contribution in [-0.4, -0.2) is 24.7 Å². The molecule has 3 aromatic carbocycles. The zero-order valence-corrected chi connectivity index (χ0v) is 15.5. The molecule has 0 aliphatic carbocycles. The van der Waals surface area contributed by atoms with Crippen LogP contribution in [0.3, 0.4) is 0 Å². The van der Waals surface area contributed by atoms with Gasteiger partial charge in [0.2, 0.25) is 0 Å². The summed E-state index contributed by atoms with van der Waals surface area (Å²) in [5.74, 6) is 0.209. The third kappa shape index (κ3) is 3.32. The molecule has 4 rings (SSSR count). The second kappa shape index (κ2) is 6.73. The summed E-state index contributed by atoms with van der Waals surface area (Å²) in [7, 11) is 0. The van der Waals surface area contributed by atoms with Gasteiger partial charge in [0, 0.05) is 18.8 Å². The number of carbonyl (C=O) groups is 1. The van der Waals surface area contributed by atoms with E-state index in [0.717, 1.165) is 36.7 Å². The van der Waals surface area contributed by atoms with Crippen LogP contribution in [-0.2, 0) is 4.74 Å². The molecule has 0 bridgehead atoms. The maximum absolute atomic E-state index is 12.8. The number of quaternary nitrogens is 1. The van der Waals surface area contributed by atoms with Gasteiger partial charge in [0.1, 0.15) is 5.60 Å². The second-order valence-electron chi connectivity index (χ2n) is 7.89. The minimum atomic E-state index is -0.427. The summed E-state index contributed by atoms with van der Waals surface area (Å²) >= 11 is 0. The summed E-state index contributed by atoms with van der Waals surface area (Å²) in [4.78, 5) is 12.8. The SMILES string of the molecule is CC(C)(OC(=O)c1ccc2cc3ccccc3cc2c1)C1CC[NH2+]CC1. The molecular weight excluding hydrogens is 322 g/mol. The molecule has 0 aromatic heterocycles. The number of rotatable bonds is 3. The van der Waals surface area contributed by atoms with Crippen LogP contribution in [0.4, 0.5) is 0 Å². The highest BCUT2D eigenvalue weighted by atomic mass is 16.6. The third-order valence-corrected chi connectivity index (χ3v) is 5.72. The fourth-order valence-electron chi connectivity index (χ4n) is 4.07. The molecule has 1 aliphatic rings. The smallest absolute Gasteiger partial charge is 0.338 e. The van der Waals surface area contributed by atoms with Crippen LogP contribution in [0.1, 0.15) is 37.0 Å². The molecule has 2 N–H and O–H groups in total. The quantitative estimate of drug-likeness (QED) is 0.576. The van der Waals surface area contributed by atoms with Crippen molar-refractivity contribution in [3.05, 3.63) is 60.2 Å². The lowest BCUT2D eigenvalue weighted by atomic mass is 9.83. The molecule has 3 heteroatoms. The Labute approximate surface area is 154 Å². The normalized spacial score (nSPS) is 16.1. The highest BCUT2D eigenvalue weighted by molar-refractivity contribution is 6.01. The first-order valence-corrected chi connectivity index (χ1v) is 9.50. The van der Waals surface area contributed by atoms with E-state index < -0.39 is 5.60 Å². The fraction of sp³-hybridized carbons (Fsp3) is 0.348. The lowest BCUT2D eigenvalue weighted by molar-refractivity contribution is -0.665. The van der Waals surface area contributed by atoms with Crippen molar-refractivity contribution >= 4 is 27.5 Å². The van der Waals surface area contributed by atoms with Crippen LogP contribution in [0.5, 0.6) is 0 Å². The number of benzene rings is 3. The first-order chi connectivity index (χ1) is 12.5. The summed E-state index contributed by atoms with van der Waals surface area (Å²) in [6, 6.07) is 18.5. The molecule has 0 saturated carbocycles. The van der Waals surface area contributed by atoms with Crippen molar-refractivity contribution in [2.45, 2.75) is 32.3 Å². The van der Waals surface area contributed by atoms with Crippen LogP contribution < -0.4 is 5.32 Å². The van der Waals surface area contributed by atoms with Gasteiger partial charge in [-0.2, -0.15) is 0 Å². The number of fused-ring (bicyclic) bond motifs is 2. The number of nitrogens with two attached hydrogens (primary N) is 1. The molecule has 0 unspecified atom stereocenters. The van der Waals surface area contributed by atoms with Crippen LogP contribution in [0.2, 0.25) is 0 Å². The molecule has 1 heterocycles. The topological polar surface area (TPSA) is 42.9 Å². The van der Waals surface area contributed by atoms with Gasteiger partial charge in [0.05, 0.1) is 18.7 Å².